The second-order valence-electron chi connectivity index (χ2n) is 6.77. The molecule has 0 saturated heterocycles. The SMILES string of the molecule is Cc1ccc(C(=O)NC2C3CCCC2CC(N)C3)c(C)n1. The third-order valence-corrected chi connectivity index (χ3v) is 5.14. The van der Waals surface area contributed by atoms with Crippen LogP contribution in [0, 0.1) is 25.7 Å². The molecular formula is C17H25N3O. The van der Waals surface area contributed by atoms with Crippen LogP contribution in [-0.2, 0) is 0 Å². The normalized spacial score (nSPS) is 31.8. The minimum Gasteiger partial charge on any atom is -0.349 e. The predicted molar refractivity (Wildman–Crippen MR) is 83.0 cm³/mol. The van der Waals surface area contributed by atoms with Crippen LogP contribution < -0.4 is 11.1 Å². The molecular weight excluding hydrogens is 262 g/mol. The molecule has 2 atom stereocenters. The lowest BCUT2D eigenvalue weighted by atomic mass is 9.67. The summed E-state index contributed by atoms with van der Waals surface area (Å²) >= 11 is 0. The standard InChI is InChI=1S/C17H25N3O/c1-10-6-7-15(11(2)19-10)17(21)20-16-12-4-3-5-13(16)9-14(18)8-12/h6-7,12-14,16H,3-5,8-9,18H2,1-2H3,(H,20,21). The molecule has 2 unspecified atom stereocenters. The van der Waals surface area contributed by atoms with Gasteiger partial charge in [-0.3, -0.25) is 9.78 Å². The minimum absolute atomic E-state index is 0.0253. The fraction of sp³-hybridized carbons (Fsp3) is 0.647. The lowest BCUT2D eigenvalue weighted by molar-refractivity contribution is 0.0755. The molecule has 21 heavy (non-hydrogen) atoms. The van der Waals surface area contributed by atoms with Gasteiger partial charge in [0.05, 0.1) is 11.3 Å². The molecule has 4 nitrogen and oxygen atoms in total. The van der Waals surface area contributed by atoms with Gasteiger partial charge in [0.15, 0.2) is 0 Å². The number of fused-ring (bicyclic) bond motifs is 2. The number of carbonyl (C=O) groups excluding carboxylic acids is 1. The van der Waals surface area contributed by atoms with Gasteiger partial charge in [-0.05, 0) is 63.5 Å². The van der Waals surface area contributed by atoms with E-state index >= 15 is 0 Å². The van der Waals surface area contributed by atoms with Gasteiger partial charge in [-0.25, -0.2) is 0 Å². The van der Waals surface area contributed by atoms with Crippen molar-refractivity contribution in [3.05, 3.63) is 29.1 Å². The summed E-state index contributed by atoms with van der Waals surface area (Å²) in [6.45, 7) is 3.85. The van der Waals surface area contributed by atoms with Crippen molar-refractivity contribution in [3.63, 3.8) is 0 Å². The predicted octanol–water partition coefficient (Wildman–Crippen LogP) is 2.33. The average Bonchev–Trinajstić information content (AvgIpc) is 2.39. The Labute approximate surface area is 126 Å². The van der Waals surface area contributed by atoms with E-state index in [0.29, 0.717) is 29.5 Å². The lowest BCUT2D eigenvalue weighted by Crippen LogP contribution is -2.53. The van der Waals surface area contributed by atoms with Gasteiger partial charge in [0.2, 0.25) is 0 Å². The molecule has 2 saturated carbocycles. The van der Waals surface area contributed by atoms with E-state index in [1.807, 2.05) is 26.0 Å². The maximum absolute atomic E-state index is 12.6. The second-order valence-corrected chi connectivity index (χ2v) is 6.77. The molecule has 2 aliphatic carbocycles. The Morgan fingerprint density at radius 1 is 1.24 bits per heavy atom. The zero-order valence-corrected chi connectivity index (χ0v) is 12.9. The minimum atomic E-state index is 0.0253. The van der Waals surface area contributed by atoms with E-state index in [1.165, 1.54) is 19.3 Å². The van der Waals surface area contributed by atoms with Crippen molar-refractivity contribution in [3.8, 4) is 0 Å². The van der Waals surface area contributed by atoms with Gasteiger partial charge in [-0.15, -0.1) is 0 Å². The number of aromatic nitrogens is 1. The van der Waals surface area contributed by atoms with Crippen molar-refractivity contribution in [2.45, 2.75) is 58.0 Å². The third kappa shape index (κ3) is 2.95. The Kier molecular flexibility index (Phi) is 3.98. The summed E-state index contributed by atoms with van der Waals surface area (Å²) in [5, 5.41) is 3.28. The van der Waals surface area contributed by atoms with Crippen molar-refractivity contribution in [1.82, 2.24) is 10.3 Å². The van der Waals surface area contributed by atoms with Gasteiger partial charge in [0, 0.05) is 17.8 Å². The Morgan fingerprint density at radius 2 is 1.90 bits per heavy atom. The molecule has 1 amide bonds. The van der Waals surface area contributed by atoms with E-state index in [4.69, 9.17) is 5.73 Å². The first kappa shape index (κ1) is 14.5. The Morgan fingerprint density at radius 3 is 2.52 bits per heavy atom. The summed E-state index contributed by atoms with van der Waals surface area (Å²) in [7, 11) is 0. The van der Waals surface area contributed by atoms with Crippen molar-refractivity contribution in [1.29, 1.82) is 0 Å². The van der Waals surface area contributed by atoms with Crippen LogP contribution in [-0.4, -0.2) is 23.0 Å². The van der Waals surface area contributed by atoms with Crippen molar-refractivity contribution in [2.24, 2.45) is 17.6 Å². The van der Waals surface area contributed by atoms with Crippen molar-refractivity contribution in [2.75, 3.05) is 0 Å². The molecule has 3 rings (SSSR count). The molecule has 3 N–H and O–H groups in total. The topological polar surface area (TPSA) is 68.0 Å². The number of nitrogens with one attached hydrogen (secondary N) is 1. The van der Waals surface area contributed by atoms with Crippen LogP contribution in [0.2, 0.25) is 0 Å². The molecule has 1 aromatic rings. The van der Waals surface area contributed by atoms with Crippen LogP contribution in [0.1, 0.15) is 53.8 Å². The van der Waals surface area contributed by atoms with E-state index in [2.05, 4.69) is 10.3 Å². The van der Waals surface area contributed by atoms with Crippen LogP contribution >= 0.6 is 0 Å². The number of hydrogen-bond acceptors (Lipinski definition) is 3. The molecule has 2 bridgehead atoms. The van der Waals surface area contributed by atoms with Gasteiger partial charge >= 0.3 is 0 Å². The summed E-state index contributed by atoms with van der Waals surface area (Å²) in [5.41, 5.74) is 8.61. The number of nitrogens with zero attached hydrogens (tertiary/aromatic N) is 1. The maximum atomic E-state index is 12.6. The fourth-order valence-electron chi connectivity index (χ4n) is 4.18. The molecule has 1 heterocycles. The number of carbonyl (C=O) groups is 1. The number of aryl methyl sites for hydroxylation is 2. The highest BCUT2D eigenvalue weighted by molar-refractivity contribution is 5.95. The average molecular weight is 287 g/mol. The van der Waals surface area contributed by atoms with E-state index in [1.54, 1.807) is 0 Å². The molecule has 0 aromatic carbocycles. The summed E-state index contributed by atoms with van der Waals surface area (Å²) < 4.78 is 0. The van der Waals surface area contributed by atoms with E-state index < -0.39 is 0 Å². The van der Waals surface area contributed by atoms with Gasteiger partial charge in [-0.1, -0.05) is 6.42 Å². The Hall–Kier alpha value is -1.42. The number of rotatable bonds is 2. The number of pyridine rings is 1. The van der Waals surface area contributed by atoms with Gasteiger partial charge in [0.25, 0.3) is 5.91 Å². The van der Waals surface area contributed by atoms with Crippen molar-refractivity contribution >= 4 is 5.91 Å². The molecule has 2 aliphatic rings. The summed E-state index contributed by atoms with van der Waals surface area (Å²) in [4.78, 5) is 17.0. The van der Waals surface area contributed by atoms with Gasteiger partial charge in [0.1, 0.15) is 0 Å². The van der Waals surface area contributed by atoms with Crippen molar-refractivity contribution < 1.29 is 4.79 Å². The largest absolute Gasteiger partial charge is 0.349 e. The Balaban J connectivity index is 1.75. The van der Waals surface area contributed by atoms with Crippen LogP contribution in [0.15, 0.2) is 12.1 Å². The van der Waals surface area contributed by atoms with E-state index in [-0.39, 0.29) is 5.91 Å². The number of amides is 1. The number of hydrogen-bond donors (Lipinski definition) is 2. The van der Waals surface area contributed by atoms with Crippen LogP contribution in [0.25, 0.3) is 0 Å². The molecule has 0 spiro atoms. The molecule has 4 heteroatoms. The van der Waals surface area contributed by atoms with Gasteiger partial charge < -0.3 is 11.1 Å². The fourth-order valence-corrected chi connectivity index (χ4v) is 4.18. The summed E-state index contributed by atoms with van der Waals surface area (Å²) in [6, 6.07) is 4.40. The zero-order chi connectivity index (χ0) is 15.0. The monoisotopic (exact) mass is 287 g/mol. The van der Waals surface area contributed by atoms with Crippen LogP contribution in [0.5, 0.6) is 0 Å². The highest BCUT2D eigenvalue weighted by atomic mass is 16.1. The zero-order valence-electron chi connectivity index (χ0n) is 12.9. The molecule has 1 aromatic heterocycles. The van der Waals surface area contributed by atoms with Gasteiger partial charge in [-0.2, -0.15) is 0 Å². The van der Waals surface area contributed by atoms with E-state index in [0.717, 1.165) is 24.2 Å². The van der Waals surface area contributed by atoms with Crippen LogP contribution in [0.3, 0.4) is 0 Å². The first-order valence-electron chi connectivity index (χ1n) is 8.05. The third-order valence-electron chi connectivity index (χ3n) is 5.14. The molecule has 0 aliphatic heterocycles. The summed E-state index contributed by atoms with van der Waals surface area (Å²) in [6.07, 6.45) is 5.76. The van der Waals surface area contributed by atoms with E-state index in [9.17, 15) is 4.79 Å². The number of nitrogens with two attached hydrogens (primary N) is 1. The highest BCUT2D eigenvalue weighted by Gasteiger charge is 2.40. The lowest BCUT2D eigenvalue weighted by Gasteiger charge is -2.45. The first-order valence-corrected chi connectivity index (χ1v) is 8.05. The maximum Gasteiger partial charge on any atom is 0.253 e. The highest BCUT2D eigenvalue weighted by Crippen LogP contribution is 2.39. The smallest absolute Gasteiger partial charge is 0.253 e. The Bertz CT molecular complexity index is 529. The summed E-state index contributed by atoms with van der Waals surface area (Å²) in [5.74, 6) is 1.13. The second kappa shape index (κ2) is 5.76. The molecule has 114 valence electrons. The molecule has 2 fully saturated rings. The molecule has 0 radical (unpaired) electrons. The first-order chi connectivity index (χ1) is 10.0. The quantitative estimate of drug-likeness (QED) is 0.877. The van der Waals surface area contributed by atoms with Crippen LogP contribution in [0.4, 0.5) is 0 Å².